The molecule has 2 aromatic rings. The molecule has 1 N–H and O–H groups in total. The molecule has 7 nitrogen and oxygen atoms in total. The van der Waals surface area contributed by atoms with Gasteiger partial charge in [0.2, 0.25) is 17.7 Å². The van der Waals surface area contributed by atoms with Crippen LogP contribution in [0.2, 0.25) is 0 Å². The molecule has 1 aliphatic rings. The molecule has 0 radical (unpaired) electrons. The molecule has 0 atom stereocenters. The van der Waals surface area contributed by atoms with Gasteiger partial charge < -0.3 is 5.32 Å². The van der Waals surface area contributed by atoms with Gasteiger partial charge in [-0.25, -0.2) is 4.98 Å². The zero-order chi connectivity index (χ0) is 18.0. The number of imide groups is 1. The minimum absolute atomic E-state index is 0.135. The van der Waals surface area contributed by atoms with E-state index < -0.39 is 5.91 Å². The highest BCUT2D eigenvalue weighted by atomic mass is 32.1. The highest BCUT2D eigenvalue weighted by molar-refractivity contribution is 7.18. The van der Waals surface area contributed by atoms with E-state index >= 15 is 0 Å². The maximum Gasteiger partial charge on any atom is 0.246 e. The smallest absolute Gasteiger partial charge is 0.246 e. The lowest BCUT2D eigenvalue weighted by Gasteiger charge is -2.12. The minimum Gasteiger partial charge on any atom is -0.300 e. The quantitative estimate of drug-likeness (QED) is 0.653. The summed E-state index contributed by atoms with van der Waals surface area (Å²) in [5, 5.41) is 2.82. The van der Waals surface area contributed by atoms with Gasteiger partial charge in [0.1, 0.15) is 6.54 Å². The summed E-state index contributed by atoms with van der Waals surface area (Å²) >= 11 is 1.07. The summed E-state index contributed by atoms with van der Waals surface area (Å²) in [6.45, 7) is 1.10. The molecule has 1 fully saturated rings. The average Bonchev–Trinajstić information content (AvgIpc) is 3.14. The van der Waals surface area contributed by atoms with E-state index in [0.717, 1.165) is 21.8 Å². The molecule has 0 bridgehead atoms. The summed E-state index contributed by atoms with van der Waals surface area (Å²) in [4.78, 5) is 52.8. The summed E-state index contributed by atoms with van der Waals surface area (Å²) in [6.07, 6.45) is 0.270. The molecule has 0 aliphatic carbocycles. The lowest BCUT2D eigenvalue weighted by Crippen LogP contribution is -2.36. The first-order valence-electron chi connectivity index (χ1n) is 7.66. The van der Waals surface area contributed by atoms with E-state index in [9.17, 15) is 19.2 Å². The molecule has 0 spiro atoms. The maximum atomic E-state index is 12.1. The molecule has 1 saturated heterocycles. The van der Waals surface area contributed by atoms with Crippen molar-refractivity contribution in [1.29, 1.82) is 0 Å². The lowest BCUT2D eigenvalue weighted by atomic mass is 10.1. The minimum atomic E-state index is -0.521. The van der Waals surface area contributed by atoms with Crippen LogP contribution in [0.15, 0.2) is 30.3 Å². The molecule has 128 valence electrons. The fraction of sp³-hybridized carbons (Fsp3) is 0.235. The van der Waals surface area contributed by atoms with Crippen molar-refractivity contribution in [2.75, 3.05) is 11.9 Å². The van der Waals surface area contributed by atoms with Crippen LogP contribution in [0.1, 0.15) is 29.4 Å². The van der Waals surface area contributed by atoms with Crippen molar-refractivity contribution in [2.45, 2.75) is 19.8 Å². The van der Waals surface area contributed by atoms with E-state index in [-0.39, 0.29) is 42.1 Å². The number of Topliss-reactive ketones (excluding diaryl/α,β-unsaturated/α-hetero) is 1. The van der Waals surface area contributed by atoms with E-state index in [1.54, 1.807) is 0 Å². The van der Waals surface area contributed by atoms with E-state index in [4.69, 9.17) is 0 Å². The molecule has 2 heterocycles. The van der Waals surface area contributed by atoms with Crippen molar-refractivity contribution in [3.63, 3.8) is 0 Å². The summed E-state index contributed by atoms with van der Waals surface area (Å²) in [5.41, 5.74) is 1.27. The van der Waals surface area contributed by atoms with Gasteiger partial charge in [-0.3, -0.25) is 24.1 Å². The monoisotopic (exact) mass is 357 g/mol. The molecular formula is C17H15N3O4S. The molecular weight excluding hydrogens is 342 g/mol. The first-order chi connectivity index (χ1) is 12.0. The number of hydrogen-bond acceptors (Lipinski definition) is 6. The first kappa shape index (κ1) is 17.0. The predicted octanol–water partition coefficient (Wildman–Crippen LogP) is 2.10. The molecule has 25 heavy (non-hydrogen) atoms. The second-order valence-electron chi connectivity index (χ2n) is 5.54. The fourth-order valence-corrected chi connectivity index (χ4v) is 3.40. The number of amides is 3. The second-order valence-corrected chi connectivity index (χ2v) is 6.54. The number of nitrogens with one attached hydrogen (secondary N) is 1. The normalized spacial score (nSPS) is 14.0. The number of thiazole rings is 1. The van der Waals surface area contributed by atoms with Gasteiger partial charge in [0.25, 0.3) is 0 Å². The highest BCUT2D eigenvalue weighted by Gasteiger charge is 2.30. The zero-order valence-electron chi connectivity index (χ0n) is 13.4. The molecule has 8 heteroatoms. The topological polar surface area (TPSA) is 96.4 Å². The summed E-state index contributed by atoms with van der Waals surface area (Å²) in [6, 6.07) is 9.18. The number of aromatic nitrogens is 1. The van der Waals surface area contributed by atoms with Crippen molar-refractivity contribution >= 4 is 40.0 Å². The van der Waals surface area contributed by atoms with Crippen LogP contribution in [0.3, 0.4) is 0 Å². The molecule has 0 saturated carbocycles. The number of rotatable bonds is 5. The Labute approximate surface area is 147 Å². The molecule has 1 aliphatic heterocycles. The number of carbonyl (C=O) groups excluding carboxylic acids is 4. The molecule has 3 rings (SSSR count). The van der Waals surface area contributed by atoms with Crippen LogP contribution < -0.4 is 5.32 Å². The Morgan fingerprint density at radius 2 is 1.80 bits per heavy atom. The summed E-state index contributed by atoms with van der Waals surface area (Å²) in [7, 11) is 0. The third-order valence-electron chi connectivity index (χ3n) is 3.70. The summed E-state index contributed by atoms with van der Waals surface area (Å²) in [5.74, 6) is -1.38. The van der Waals surface area contributed by atoms with Crippen molar-refractivity contribution in [3.05, 3.63) is 35.2 Å². The Balaban J connectivity index is 1.79. The van der Waals surface area contributed by atoms with Crippen LogP contribution in [0.5, 0.6) is 0 Å². The van der Waals surface area contributed by atoms with Crippen LogP contribution in [-0.2, 0) is 14.4 Å². The molecule has 3 amide bonds. The third-order valence-corrected chi connectivity index (χ3v) is 4.77. The van der Waals surface area contributed by atoms with E-state index in [2.05, 4.69) is 10.3 Å². The van der Waals surface area contributed by atoms with Crippen LogP contribution >= 0.6 is 11.3 Å². The SMILES string of the molecule is CC(=O)c1sc(NC(=O)CN2C(=O)CCC2=O)nc1-c1ccccc1. The Morgan fingerprint density at radius 3 is 2.40 bits per heavy atom. The van der Waals surface area contributed by atoms with Crippen molar-refractivity contribution in [2.24, 2.45) is 0 Å². The summed E-state index contributed by atoms with van der Waals surface area (Å²) < 4.78 is 0. The third kappa shape index (κ3) is 3.63. The Bertz CT molecular complexity index is 844. The zero-order valence-corrected chi connectivity index (χ0v) is 14.3. The number of hydrogen-bond donors (Lipinski definition) is 1. The number of benzene rings is 1. The predicted molar refractivity (Wildman–Crippen MR) is 92.1 cm³/mol. The van der Waals surface area contributed by atoms with E-state index in [1.807, 2.05) is 30.3 Å². The van der Waals surface area contributed by atoms with Gasteiger partial charge in [0, 0.05) is 25.3 Å². The van der Waals surface area contributed by atoms with Crippen LogP contribution in [0, 0.1) is 0 Å². The van der Waals surface area contributed by atoms with Gasteiger partial charge in [-0.2, -0.15) is 0 Å². The van der Waals surface area contributed by atoms with Crippen LogP contribution in [0.4, 0.5) is 5.13 Å². The van der Waals surface area contributed by atoms with Crippen molar-refractivity contribution < 1.29 is 19.2 Å². The van der Waals surface area contributed by atoms with Crippen molar-refractivity contribution in [1.82, 2.24) is 9.88 Å². The van der Waals surface area contributed by atoms with E-state index in [1.165, 1.54) is 6.92 Å². The number of ketones is 1. The van der Waals surface area contributed by atoms with Gasteiger partial charge in [-0.1, -0.05) is 41.7 Å². The molecule has 0 unspecified atom stereocenters. The van der Waals surface area contributed by atoms with Gasteiger partial charge in [-0.05, 0) is 0 Å². The van der Waals surface area contributed by atoms with Gasteiger partial charge >= 0.3 is 0 Å². The second kappa shape index (κ2) is 6.94. The van der Waals surface area contributed by atoms with Crippen LogP contribution in [-0.4, -0.2) is 39.9 Å². The lowest BCUT2D eigenvalue weighted by molar-refractivity contribution is -0.141. The van der Waals surface area contributed by atoms with E-state index in [0.29, 0.717) is 10.6 Å². The molecule has 1 aromatic carbocycles. The Hall–Kier alpha value is -2.87. The van der Waals surface area contributed by atoms with Gasteiger partial charge in [0.15, 0.2) is 10.9 Å². The fourth-order valence-electron chi connectivity index (χ4n) is 2.51. The standard InChI is InChI=1S/C17H15N3O4S/c1-10(21)16-15(11-5-3-2-4-6-11)19-17(25-16)18-12(22)9-20-13(23)7-8-14(20)24/h2-6H,7-9H2,1H3,(H,18,19,22). The number of carbonyl (C=O) groups is 4. The first-order valence-corrected chi connectivity index (χ1v) is 8.47. The number of likely N-dealkylation sites (tertiary alicyclic amines) is 1. The number of nitrogens with zero attached hydrogens (tertiary/aromatic N) is 2. The highest BCUT2D eigenvalue weighted by Crippen LogP contribution is 2.31. The van der Waals surface area contributed by atoms with Gasteiger partial charge in [-0.15, -0.1) is 0 Å². The van der Waals surface area contributed by atoms with Crippen molar-refractivity contribution in [3.8, 4) is 11.3 Å². The maximum absolute atomic E-state index is 12.1. The number of anilines is 1. The molecule has 1 aromatic heterocycles. The largest absolute Gasteiger partial charge is 0.300 e. The average molecular weight is 357 g/mol. The van der Waals surface area contributed by atoms with Crippen LogP contribution in [0.25, 0.3) is 11.3 Å². The van der Waals surface area contributed by atoms with Gasteiger partial charge in [0.05, 0.1) is 10.6 Å². The Morgan fingerprint density at radius 1 is 1.16 bits per heavy atom. The Kier molecular flexibility index (Phi) is 4.71.